The molecule has 1 heterocycles. The molecule has 6 heteroatoms. The molecule has 1 unspecified atom stereocenters. The first-order valence-electron chi connectivity index (χ1n) is 6.66. The van der Waals surface area contributed by atoms with Crippen LogP contribution in [-0.4, -0.2) is 20.8 Å². The molecule has 2 aromatic rings. The van der Waals surface area contributed by atoms with Gasteiger partial charge in [-0.3, -0.25) is 4.68 Å². The summed E-state index contributed by atoms with van der Waals surface area (Å²) in [6.07, 6.45) is 4.03. The van der Waals surface area contributed by atoms with E-state index in [2.05, 4.69) is 17.0 Å². The number of hydrogen-bond donors (Lipinski definition) is 1. The van der Waals surface area contributed by atoms with Crippen molar-refractivity contribution in [3.63, 3.8) is 0 Å². The third-order valence-corrected chi connectivity index (χ3v) is 3.80. The smallest absolute Gasteiger partial charge is 0.138 e. The summed E-state index contributed by atoms with van der Waals surface area (Å²) in [6, 6.07) is 5.59. The number of nitrogens with zero attached hydrogens (tertiary/aromatic N) is 3. The van der Waals surface area contributed by atoms with Crippen LogP contribution in [0, 0.1) is 0 Å². The van der Waals surface area contributed by atoms with Crippen LogP contribution in [0.5, 0.6) is 0 Å². The van der Waals surface area contributed by atoms with Gasteiger partial charge in [0.2, 0.25) is 0 Å². The summed E-state index contributed by atoms with van der Waals surface area (Å²) in [4.78, 5) is 4.27. The van der Waals surface area contributed by atoms with Crippen LogP contribution in [0.25, 0.3) is 0 Å². The lowest BCUT2D eigenvalue weighted by Gasteiger charge is -2.12. The number of rotatable bonds is 6. The van der Waals surface area contributed by atoms with Crippen LogP contribution in [0.4, 0.5) is 0 Å². The van der Waals surface area contributed by atoms with Gasteiger partial charge in [-0.05, 0) is 30.5 Å². The van der Waals surface area contributed by atoms with Crippen LogP contribution in [0.1, 0.15) is 24.7 Å². The van der Waals surface area contributed by atoms with Gasteiger partial charge in [0.15, 0.2) is 0 Å². The van der Waals surface area contributed by atoms with Crippen molar-refractivity contribution in [2.75, 3.05) is 0 Å². The van der Waals surface area contributed by atoms with Gasteiger partial charge in [-0.1, -0.05) is 36.2 Å². The predicted octanol–water partition coefficient (Wildman–Crippen LogP) is 3.11. The molecule has 0 fully saturated rings. The molecule has 0 saturated carbocycles. The Morgan fingerprint density at radius 3 is 2.75 bits per heavy atom. The van der Waals surface area contributed by atoms with Crippen molar-refractivity contribution in [2.24, 2.45) is 5.73 Å². The lowest BCUT2D eigenvalue weighted by molar-refractivity contribution is 0.540. The monoisotopic (exact) mass is 312 g/mol. The van der Waals surface area contributed by atoms with Crippen molar-refractivity contribution in [3.05, 3.63) is 46.0 Å². The van der Waals surface area contributed by atoms with Gasteiger partial charge in [0, 0.05) is 19.0 Å². The summed E-state index contributed by atoms with van der Waals surface area (Å²) in [5.74, 6) is 0.930. The summed E-state index contributed by atoms with van der Waals surface area (Å²) in [5.41, 5.74) is 7.27. The Morgan fingerprint density at radius 2 is 2.05 bits per heavy atom. The molecule has 0 bridgehead atoms. The number of aromatic nitrogens is 3. The molecule has 1 aromatic heterocycles. The Hall–Kier alpha value is -1.10. The predicted molar refractivity (Wildman–Crippen MR) is 82.2 cm³/mol. The van der Waals surface area contributed by atoms with E-state index in [4.69, 9.17) is 28.9 Å². The number of hydrogen-bond acceptors (Lipinski definition) is 3. The largest absolute Gasteiger partial charge is 0.327 e. The second-order valence-electron chi connectivity index (χ2n) is 4.82. The molecule has 0 saturated heterocycles. The van der Waals surface area contributed by atoms with E-state index < -0.39 is 0 Å². The standard InChI is InChI=1S/C14H18Cl2N4/c1-2-5-20-14(18-9-19-20)8-11(17)6-10-3-4-12(15)13(16)7-10/h3-4,7,9,11H,2,5-6,8,17H2,1H3. The molecular weight excluding hydrogens is 295 g/mol. The minimum absolute atomic E-state index is 0.0213. The Balaban J connectivity index is 1.99. The maximum Gasteiger partial charge on any atom is 0.138 e. The van der Waals surface area contributed by atoms with E-state index in [1.165, 1.54) is 0 Å². The molecule has 4 nitrogen and oxygen atoms in total. The van der Waals surface area contributed by atoms with E-state index >= 15 is 0 Å². The van der Waals surface area contributed by atoms with Crippen molar-refractivity contribution in [1.82, 2.24) is 14.8 Å². The van der Waals surface area contributed by atoms with E-state index in [1.807, 2.05) is 16.8 Å². The van der Waals surface area contributed by atoms with Crippen molar-refractivity contribution in [3.8, 4) is 0 Å². The van der Waals surface area contributed by atoms with Gasteiger partial charge in [-0.2, -0.15) is 5.10 Å². The second-order valence-corrected chi connectivity index (χ2v) is 5.63. The Labute approximate surface area is 128 Å². The van der Waals surface area contributed by atoms with Crippen LogP contribution in [-0.2, 0) is 19.4 Å². The van der Waals surface area contributed by atoms with Gasteiger partial charge in [0.05, 0.1) is 10.0 Å². The summed E-state index contributed by atoms with van der Waals surface area (Å²) in [5, 5.41) is 5.33. The zero-order chi connectivity index (χ0) is 14.5. The van der Waals surface area contributed by atoms with E-state index in [-0.39, 0.29) is 6.04 Å². The van der Waals surface area contributed by atoms with Gasteiger partial charge in [0.25, 0.3) is 0 Å². The fraction of sp³-hybridized carbons (Fsp3) is 0.429. The highest BCUT2D eigenvalue weighted by Crippen LogP contribution is 2.23. The third-order valence-electron chi connectivity index (χ3n) is 3.06. The van der Waals surface area contributed by atoms with Crippen LogP contribution in [0.2, 0.25) is 10.0 Å². The van der Waals surface area contributed by atoms with Gasteiger partial charge >= 0.3 is 0 Å². The Bertz CT molecular complexity index is 568. The average Bonchev–Trinajstić information content (AvgIpc) is 2.82. The number of benzene rings is 1. The van der Waals surface area contributed by atoms with Crippen LogP contribution >= 0.6 is 23.2 Å². The zero-order valence-corrected chi connectivity index (χ0v) is 12.9. The highest BCUT2D eigenvalue weighted by Gasteiger charge is 2.11. The molecule has 1 atom stereocenters. The zero-order valence-electron chi connectivity index (χ0n) is 11.4. The van der Waals surface area contributed by atoms with Gasteiger partial charge in [0.1, 0.15) is 12.2 Å². The minimum Gasteiger partial charge on any atom is -0.327 e. The Morgan fingerprint density at radius 1 is 1.25 bits per heavy atom. The van der Waals surface area contributed by atoms with Gasteiger partial charge < -0.3 is 5.73 Å². The summed E-state index contributed by atoms with van der Waals surface area (Å²) in [7, 11) is 0. The lowest BCUT2D eigenvalue weighted by atomic mass is 10.0. The van der Waals surface area contributed by atoms with E-state index in [1.54, 1.807) is 12.4 Å². The first-order chi connectivity index (χ1) is 9.60. The molecule has 108 valence electrons. The number of aryl methyl sites for hydroxylation is 1. The topological polar surface area (TPSA) is 56.7 Å². The molecule has 0 spiro atoms. The number of halogens is 2. The molecule has 1 aromatic carbocycles. The maximum absolute atomic E-state index is 6.19. The first-order valence-corrected chi connectivity index (χ1v) is 7.42. The van der Waals surface area contributed by atoms with Crippen LogP contribution < -0.4 is 5.73 Å². The number of nitrogens with two attached hydrogens (primary N) is 1. The summed E-state index contributed by atoms with van der Waals surface area (Å²) >= 11 is 11.9. The fourth-order valence-corrected chi connectivity index (χ4v) is 2.44. The molecular formula is C14H18Cl2N4. The molecule has 2 N–H and O–H groups in total. The van der Waals surface area contributed by atoms with E-state index in [0.29, 0.717) is 16.5 Å². The maximum atomic E-state index is 6.19. The SMILES string of the molecule is CCCn1ncnc1CC(N)Cc1ccc(Cl)c(Cl)c1. The normalized spacial score (nSPS) is 12.6. The minimum atomic E-state index is -0.0213. The lowest BCUT2D eigenvalue weighted by Crippen LogP contribution is -2.27. The summed E-state index contributed by atoms with van der Waals surface area (Å²) < 4.78 is 1.91. The summed E-state index contributed by atoms with van der Waals surface area (Å²) in [6.45, 7) is 2.98. The van der Waals surface area contributed by atoms with Gasteiger partial charge in [-0.25, -0.2) is 4.98 Å². The Kier molecular flexibility index (Phi) is 5.40. The quantitative estimate of drug-likeness (QED) is 0.891. The molecule has 0 aliphatic heterocycles. The molecule has 2 rings (SSSR count). The molecule has 20 heavy (non-hydrogen) atoms. The molecule has 0 amide bonds. The molecule has 0 radical (unpaired) electrons. The van der Waals surface area contributed by atoms with Crippen molar-refractivity contribution >= 4 is 23.2 Å². The fourth-order valence-electron chi connectivity index (χ4n) is 2.12. The first kappa shape index (κ1) is 15.3. The van der Waals surface area contributed by atoms with Crippen molar-refractivity contribution in [1.29, 1.82) is 0 Å². The van der Waals surface area contributed by atoms with Crippen molar-refractivity contribution < 1.29 is 0 Å². The van der Waals surface area contributed by atoms with Gasteiger partial charge in [-0.15, -0.1) is 0 Å². The molecule has 0 aliphatic rings. The van der Waals surface area contributed by atoms with E-state index in [0.717, 1.165) is 30.8 Å². The van der Waals surface area contributed by atoms with Crippen LogP contribution in [0.15, 0.2) is 24.5 Å². The second kappa shape index (κ2) is 7.07. The van der Waals surface area contributed by atoms with E-state index in [9.17, 15) is 0 Å². The molecule has 0 aliphatic carbocycles. The van der Waals surface area contributed by atoms with Crippen LogP contribution in [0.3, 0.4) is 0 Å². The van der Waals surface area contributed by atoms with Crippen molar-refractivity contribution in [2.45, 2.75) is 38.8 Å². The highest BCUT2D eigenvalue weighted by atomic mass is 35.5. The average molecular weight is 313 g/mol. The highest BCUT2D eigenvalue weighted by molar-refractivity contribution is 6.42. The third kappa shape index (κ3) is 3.95.